The van der Waals surface area contributed by atoms with Crippen LogP contribution in [0.15, 0.2) is 11.0 Å². The fraction of sp³-hybridized carbons (Fsp3) is 0.333. The number of H-pyrrole nitrogens is 1. The Morgan fingerprint density at radius 2 is 2.25 bits per heavy atom. The number of aromatic nitrogens is 1. The monoisotopic (exact) mass is 295 g/mol. The van der Waals surface area contributed by atoms with Crippen molar-refractivity contribution >= 4 is 21.9 Å². The Bertz CT molecular complexity index is 459. The lowest BCUT2D eigenvalue weighted by Gasteiger charge is -2.07. The van der Waals surface area contributed by atoms with Crippen molar-refractivity contribution in [3.05, 3.63) is 33.2 Å². The van der Waals surface area contributed by atoms with Crippen LogP contribution in [0.1, 0.15) is 28.0 Å². The molecule has 0 aromatic carbocycles. The van der Waals surface area contributed by atoms with Crippen LogP contribution in [0.4, 0.5) is 8.78 Å². The number of esters is 1. The fourth-order valence-corrected chi connectivity index (χ4v) is 1.58. The van der Waals surface area contributed by atoms with E-state index in [9.17, 15) is 18.4 Å². The Morgan fingerprint density at radius 3 is 2.69 bits per heavy atom. The number of methoxy groups -OCH3 is 1. The van der Waals surface area contributed by atoms with Gasteiger partial charge in [-0.05, 0) is 0 Å². The summed E-state index contributed by atoms with van der Waals surface area (Å²) >= 11 is 3.02. The average Bonchev–Trinajstić information content (AvgIpc) is 2.27. The predicted octanol–water partition coefficient (Wildman–Crippen LogP) is 1.99. The van der Waals surface area contributed by atoms with Crippen molar-refractivity contribution in [2.24, 2.45) is 0 Å². The van der Waals surface area contributed by atoms with Crippen molar-refractivity contribution in [2.45, 2.75) is 11.8 Å². The van der Waals surface area contributed by atoms with Crippen LogP contribution in [0.2, 0.25) is 0 Å². The average molecular weight is 296 g/mol. The summed E-state index contributed by atoms with van der Waals surface area (Å²) in [5.74, 6) is -1.07. The Balaban J connectivity index is 3.49. The molecule has 0 radical (unpaired) electrons. The molecule has 0 aliphatic heterocycles. The maximum atomic E-state index is 12.6. The van der Waals surface area contributed by atoms with Crippen LogP contribution >= 0.6 is 15.9 Å². The molecule has 0 unspecified atom stereocenters. The number of hydrogen-bond donors (Lipinski definition) is 1. The van der Waals surface area contributed by atoms with E-state index in [0.717, 1.165) is 13.3 Å². The molecule has 0 aliphatic carbocycles. The topological polar surface area (TPSA) is 59.2 Å². The van der Waals surface area contributed by atoms with E-state index in [1.807, 2.05) is 0 Å². The highest BCUT2D eigenvalue weighted by Gasteiger charge is 2.24. The quantitative estimate of drug-likeness (QED) is 0.685. The van der Waals surface area contributed by atoms with Crippen LogP contribution < -0.4 is 5.43 Å². The molecule has 0 saturated heterocycles. The SMILES string of the molecule is COC(=O)c1c(C(F)F)[nH]cc(CBr)c1=O. The number of hydrogen-bond acceptors (Lipinski definition) is 3. The van der Waals surface area contributed by atoms with Crippen LogP contribution in [-0.2, 0) is 10.1 Å². The smallest absolute Gasteiger partial charge is 0.343 e. The van der Waals surface area contributed by atoms with E-state index in [1.54, 1.807) is 0 Å². The third-order valence-corrected chi connectivity index (χ3v) is 2.55. The van der Waals surface area contributed by atoms with Gasteiger partial charge in [-0.2, -0.15) is 0 Å². The van der Waals surface area contributed by atoms with E-state index in [0.29, 0.717) is 0 Å². The molecule has 0 fully saturated rings. The predicted molar refractivity (Wildman–Crippen MR) is 56.0 cm³/mol. The number of ether oxygens (including phenoxy) is 1. The van der Waals surface area contributed by atoms with E-state index in [4.69, 9.17) is 0 Å². The van der Waals surface area contributed by atoms with E-state index >= 15 is 0 Å². The molecular formula is C9H8BrF2NO3. The van der Waals surface area contributed by atoms with Crippen molar-refractivity contribution in [2.75, 3.05) is 7.11 Å². The molecule has 1 N–H and O–H groups in total. The number of pyridine rings is 1. The van der Waals surface area contributed by atoms with Gasteiger partial charge in [0.2, 0.25) is 5.43 Å². The summed E-state index contributed by atoms with van der Waals surface area (Å²) in [6, 6.07) is 0. The molecule has 1 aromatic heterocycles. The van der Waals surface area contributed by atoms with Gasteiger partial charge in [-0.3, -0.25) is 4.79 Å². The molecule has 0 aliphatic rings. The number of carbonyl (C=O) groups excluding carboxylic acids is 1. The Labute approximate surface area is 97.7 Å². The van der Waals surface area contributed by atoms with Gasteiger partial charge >= 0.3 is 5.97 Å². The van der Waals surface area contributed by atoms with Gasteiger partial charge in [0.15, 0.2) is 0 Å². The van der Waals surface area contributed by atoms with Crippen LogP contribution in [0.5, 0.6) is 0 Å². The number of carbonyl (C=O) groups is 1. The lowest BCUT2D eigenvalue weighted by Crippen LogP contribution is -2.23. The summed E-state index contributed by atoms with van der Waals surface area (Å²) in [7, 11) is 1.03. The Morgan fingerprint density at radius 1 is 1.62 bits per heavy atom. The molecule has 0 spiro atoms. The standard InChI is InChI=1S/C9H8BrF2NO3/c1-16-9(15)5-6(8(11)12)13-3-4(2-10)7(5)14/h3,8H,2H2,1H3,(H,13,14). The van der Waals surface area contributed by atoms with Crippen LogP contribution in [0, 0.1) is 0 Å². The summed E-state index contributed by atoms with van der Waals surface area (Å²) in [6.07, 6.45) is -1.79. The largest absolute Gasteiger partial charge is 0.465 e. The van der Waals surface area contributed by atoms with E-state index in [-0.39, 0.29) is 10.9 Å². The first-order valence-electron chi connectivity index (χ1n) is 4.19. The van der Waals surface area contributed by atoms with Gasteiger partial charge in [0, 0.05) is 17.1 Å². The molecule has 88 valence electrons. The number of alkyl halides is 3. The molecular weight excluding hydrogens is 288 g/mol. The van der Waals surface area contributed by atoms with Crippen molar-refractivity contribution in [1.29, 1.82) is 0 Å². The van der Waals surface area contributed by atoms with Gasteiger partial charge in [0.25, 0.3) is 6.43 Å². The summed E-state index contributed by atoms with van der Waals surface area (Å²) in [4.78, 5) is 25.1. The third-order valence-electron chi connectivity index (χ3n) is 1.94. The Kier molecular flexibility index (Phi) is 4.17. The summed E-state index contributed by atoms with van der Waals surface area (Å²) in [5, 5.41) is 0.163. The maximum Gasteiger partial charge on any atom is 0.343 e. The minimum absolute atomic E-state index is 0.163. The molecule has 0 atom stereocenters. The fourth-order valence-electron chi connectivity index (χ4n) is 1.16. The molecule has 0 bridgehead atoms. The number of halogens is 3. The molecule has 0 saturated carbocycles. The van der Waals surface area contributed by atoms with Crippen molar-refractivity contribution in [3.63, 3.8) is 0 Å². The second-order valence-corrected chi connectivity index (χ2v) is 3.42. The molecule has 1 aromatic rings. The zero-order valence-corrected chi connectivity index (χ0v) is 9.81. The molecule has 1 rings (SSSR count). The maximum absolute atomic E-state index is 12.6. The second kappa shape index (κ2) is 5.20. The van der Waals surface area contributed by atoms with Gasteiger partial charge in [0.1, 0.15) is 11.3 Å². The highest BCUT2D eigenvalue weighted by Crippen LogP contribution is 2.19. The number of aromatic amines is 1. The van der Waals surface area contributed by atoms with E-state index in [1.165, 1.54) is 0 Å². The first kappa shape index (κ1) is 12.8. The van der Waals surface area contributed by atoms with E-state index < -0.39 is 29.1 Å². The zero-order chi connectivity index (χ0) is 12.3. The van der Waals surface area contributed by atoms with Gasteiger partial charge in [-0.15, -0.1) is 0 Å². The minimum Gasteiger partial charge on any atom is -0.465 e. The summed E-state index contributed by atoms with van der Waals surface area (Å²) in [5.41, 5.74) is -1.93. The van der Waals surface area contributed by atoms with Gasteiger partial charge in [-0.1, -0.05) is 15.9 Å². The summed E-state index contributed by atoms with van der Waals surface area (Å²) in [6.45, 7) is 0. The van der Waals surface area contributed by atoms with Gasteiger partial charge in [0.05, 0.1) is 7.11 Å². The van der Waals surface area contributed by atoms with Crippen LogP contribution in [0.25, 0.3) is 0 Å². The van der Waals surface area contributed by atoms with Gasteiger partial charge in [-0.25, -0.2) is 13.6 Å². The molecule has 16 heavy (non-hydrogen) atoms. The van der Waals surface area contributed by atoms with Crippen molar-refractivity contribution < 1.29 is 18.3 Å². The molecule has 4 nitrogen and oxygen atoms in total. The normalized spacial score (nSPS) is 10.6. The highest BCUT2D eigenvalue weighted by molar-refractivity contribution is 9.08. The van der Waals surface area contributed by atoms with Crippen molar-refractivity contribution in [3.8, 4) is 0 Å². The lowest BCUT2D eigenvalue weighted by molar-refractivity contribution is 0.0585. The van der Waals surface area contributed by atoms with Crippen molar-refractivity contribution in [1.82, 2.24) is 4.98 Å². The van der Waals surface area contributed by atoms with E-state index in [2.05, 4.69) is 25.7 Å². The molecule has 0 amide bonds. The van der Waals surface area contributed by atoms with Gasteiger partial charge < -0.3 is 9.72 Å². The lowest BCUT2D eigenvalue weighted by atomic mass is 10.1. The number of rotatable bonds is 3. The second-order valence-electron chi connectivity index (χ2n) is 2.86. The zero-order valence-electron chi connectivity index (χ0n) is 8.22. The molecule has 7 heteroatoms. The Hall–Kier alpha value is -1.24. The number of nitrogens with one attached hydrogen (secondary N) is 1. The molecule has 1 heterocycles. The minimum atomic E-state index is -2.94. The third kappa shape index (κ3) is 2.29. The highest BCUT2D eigenvalue weighted by atomic mass is 79.9. The van der Waals surface area contributed by atoms with Crippen LogP contribution in [0.3, 0.4) is 0 Å². The first-order valence-corrected chi connectivity index (χ1v) is 5.32. The first-order chi connectivity index (χ1) is 7.52. The summed E-state index contributed by atoms with van der Waals surface area (Å²) < 4.78 is 29.4. The van der Waals surface area contributed by atoms with Crippen LogP contribution in [-0.4, -0.2) is 18.1 Å².